The average Bonchev–Trinajstić information content (AvgIpc) is 3.71. The molecular formula is C54H96N4O14. The van der Waals surface area contributed by atoms with Crippen LogP contribution in [0.5, 0.6) is 0 Å². The van der Waals surface area contributed by atoms with Crippen molar-refractivity contribution >= 4 is 17.7 Å². The minimum Gasteiger partial charge on any atom is -0.394 e. The van der Waals surface area contributed by atoms with E-state index in [0.717, 1.165) is 67.9 Å². The first kappa shape index (κ1) is 60.5. The van der Waals surface area contributed by atoms with Crippen molar-refractivity contribution in [2.75, 3.05) is 65.6 Å². The lowest BCUT2D eigenvalue weighted by molar-refractivity contribution is -0.306. The molecule has 72 heavy (non-hydrogen) atoms. The van der Waals surface area contributed by atoms with Gasteiger partial charge >= 0.3 is 0 Å². The predicted molar refractivity (Wildman–Crippen MR) is 271 cm³/mol. The second-order valence-electron chi connectivity index (χ2n) is 23.2. The number of carbonyl (C=O) groups excluding carboxylic acids is 3. The van der Waals surface area contributed by atoms with Gasteiger partial charge in [-0.3, -0.25) is 14.4 Å². The summed E-state index contributed by atoms with van der Waals surface area (Å²) in [5.74, 6) is 3.75. The molecule has 17 atom stereocenters. The molecule has 0 spiro atoms. The highest BCUT2D eigenvalue weighted by Gasteiger charge is 2.59. The monoisotopic (exact) mass is 1020 g/mol. The minimum absolute atomic E-state index is 0.0146. The van der Waals surface area contributed by atoms with Gasteiger partial charge in [-0.15, -0.1) is 0 Å². The molecule has 0 radical (unpaired) electrons. The van der Waals surface area contributed by atoms with Crippen LogP contribution in [0.15, 0.2) is 11.6 Å². The third-order valence-corrected chi connectivity index (χ3v) is 17.9. The first-order chi connectivity index (χ1) is 34.1. The topological polar surface area (TPSA) is 271 Å². The van der Waals surface area contributed by atoms with Gasteiger partial charge in [0.05, 0.1) is 25.9 Å². The fourth-order valence-electron chi connectivity index (χ4n) is 13.6. The zero-order valence-corrected chi connectivity index (χ0v) is 44.7. The van der Waals surface area contributed by atoms with E-state index in [-0.39, 0.29) is 31.0 Å². The number of ether oxygens (including phenoxy) is 3. The van der Waals surface area contributed by atoms with Gasteiger partial charge in [-0.05, 0) is 124 Å². The van der Waals surface area contributed by atoms with Crippen LogP contribution in [0, 0.1) is 46.3 Å². The first-order valence-electron chi connectivity index (χ1n) is 27.6. The van der Waals surface area contributed by atoms with E-state index in [0.29, 0.717) is 49.9 Å². The highest BCUT2D eigenvalue weighted by atomic mass is 16.7. The summed E-state index contributed by atoms with van der Waals surface area (Å²) in [5, 5.41) is 86.6. The Bertz CT molecular complexity index is 1720. The van der Waals surface area contributed by atoms with Crippen molar-refractivity contribution in [2.45, 2.75) is 200 Å². The molecular weight excluding hydrogens is 929 g/mol. The Hall–Kier alpha value is -2.33. The minimum atomic E-state index is -2.15. The summed E-state index contributed by atoms with van der Waals surface area (Å²) in [5.41, 5.74) is 2.47. The molecule has 4 fully saturated rings. The van der Waals surface area contributed by atoms with Crippen LogP contribution in [0.25, 0.3) is 0 Å². The van der Waals surface area contributed by atoms with E-state index < -0.39 is 74.2 Å². The Morgan fingerprint density at radius 3 is 2.10 bits per heavy atom. The van der Waals surface area contributed by atoms with E-state index in [1.54, 1.807) is 22.3 Å². The lowest BCUT2D eigenvalue weighted by atomic mass is 9.47. The van der Waals surface area contributed by atoms with Gasteiger partial charge in [0.15, 0.2) is 12.4 Å². The molecule has 1 heterocycles. The van der Waals surface area contributed by atoms with Crippen molar-refractivity contribution < 1.29 is 69.4 Å². The Labute approximate surface area is 429 Å². The lowest BCUT2D eigenvalue weighted by Crippen LogP contribution is -2.59. The van der Waals surface area contributed by atoms with Crippen molar-refractivity contribution in [2.24, 2.45) is 46.3 Å². The number of allylic oxidation sites excluding steroid dienone is 1. The Kier molecular flexibility index (Phi) is 23.7. The SMILES string of the molecule is CC(=O)N(CCCNCCO[C@H]1CC[C@@]2(C)C(=CC[C@H]3[C@@H]4CC[C@H]([C@H](C)CCCC(C)C)[C@@]4(C)CC[C@@H]32)C1)CCCN(CCCNC(=O)[C@H](O)[C@@H](O)[C@H](O)C(O)COC1O[C@H](CO)[C@@H](O)[C@H](O)C1O)C(C)=O. The van der Waals surface area contributed by atoms with Gasteiger partial charge < -0.3 is 75.5 Å². The summed E-state index contributed by atoms with van der Waals surface area (Å²) < 4.78 is 16.8. The van der Waals surface area contributed by atoms with Crippen LogP contribution in [0.2, 0.25) is 0 Å². The van der Waals surface area contributed by atoms with Gasteiger partial charge in [-0.1, -0.05) is 65.5 Å². The van der Waals surface area contributed by atoms with E-state index >= 15 is 0 Å². The zero-order chi connectivity index (χ0) is 52.9. The molecule has 18 nitrogen and oxygen atoms in total. The molecule has 0 aromatic carbocycles. The smallest absolute Gasteiger partial charge is 0.251 e. The molecule has 0 aromatic rings. The van der Waals surface area contributed by atoms with Crippen LogP contribution in [-0.4, -0.2) is 195 Å². The molecule has 3 amide bonds. The van der Waals surface area contributed by atoms with Crippen LogP contribution < -0.4 is 10.6 Å². The number of amides is 3. The summed E-state index contributed by atoms with van der Waals surface area (Å²) in [6, 6.07) is 0. The summed E-state index contributed by atoms with van der Waals surface area (Å²) >= 11 is 0. The van der Waals surface area contributed by atoms with Crippen LogP contribution in [0.3, 0.4) is 0 Å². The molecule has 0 bridgehead atoms. The molecule has 1 saturated heterocycles. The van der Waals surface area contributed by atoms with Gasteiger partial charge in [0.25, 0.3) is 5.91 Å². The van der Waals surface area contributed by atoms with Crippen molar-refractivity contribution in [3.63, 3.8) is 0 Å². The molecule has 18 heteroatoms. The molecule has 3 unspecified atom stereocenters. The van der Waals surface area contributed by atoms with E-state index in [1.165, 1.54) is 64.7 Å². The second kappa shape index (κ2) is 28.2. The quantitative estimate of drug-likeness (QED) is 0.0381. The number of hydrogen-bond donors (Lipinski definition) is 10. The van der Waals surface area contributed by atoms with Gasteiger partial charge in [-0.25, -0.2) is 0 Å². The predicted octanol–water partition coefficient (Wildman–Crippen LogP) is 2.25. The Balaban J connectivity index is 0.927. The zero-order valence-electron chi connectivity index (χ0n) is 44.7. The molecule has 0 aromatic heterocycles. The molecule has 1 aliphatic heterocycles. The lowest BCUT2D eigenvalue weighted by Gasteiger charge is -2.58. The number of fused-ring (bicyclic) bond motifs is 5. The summed E-state index contributed by atoms with van der Waals surface area (Å²) in [4.78, 5) is 40.9. The molecule has 5 aliphatic rings. The second-order valence-corrected chi connectivity index (χ2v) is 23.2. The molecule has 3 saturated carbocycles. The van der Waals surface area contributed by atoms with Gasteiger partial charge in [0, 0.05) is 53.1 Å². The fourth-order valence-corrected chi connectivity index (χ4v) is 13.6. The van der Waals surface area contributed by atoms with Crippen molar-refractivity contribution in [3.8, 4) is 0 Å². The normalized spacial score (nSPS) is 33.4. The van der Waals surface area contributed by atoms with Crippen LogP contribution in [0.1, 0.15) is 138 Å². The number of carbonyl (C=O) groups is 3. The highest BCUT2D eigenvalue weighted by molar-refractivity contribution is 5.81. The van der Waals surface area contributed by atoms with Crippen molar-refractivity contribution in [1.82, 2.24) is 20.4 Å². The van der Waals surface area contributed by atoms with Crippen LogP contribution in [-0.2, 0) is 28.6 Å². The van der Waals surface area contributed by atoms with E-state index in [1.807, 2.05) is 0 Å². The highest BCUT2D eigenvalue weighted by Crippen LogP contribution is 2.67. The first-order valence-corrected chi connectivity index (χ1v) is 27.6. The third kappa shape index (κ3) is 15.4. The summed E-state index contributed by atoms with van der Waals surface area (Å²) in [6.45, 7) is 17.9. The molecule has 416 valence electrons. The standard InChI is InChI=1S/C54H96N4O14/c1-33(2)12-8-13-34(3)40-16-17-41-39-15-14-37-30-38(18-20-53(37,6)42(39)19-21-54(40,41)7)70-29-24-55-22-9-25-57(35(4)60)27-11-28-58(36(5)61)26-10-23-56-51(69)49(67)47(65)45(63)43(62)32-71-52-50(68)48(66)46(64)44(31-59)72-52/h14,33-34,38-50,52,55,59,62-68H,8-13,15-32H2,1-7H3,(H,56,69)/t34-,38+,39+,40-,41+,42+,43?,44-,45-,46-,47+,48+,49-,50?,52?,53+,54-/m1/s1. The van der Waals surface area contributed by atoms with Crippen LogP contribution >= 0.6 is 0 Å². The fraction of sp³-hybridized carbons (Fsp3) is 0.907. The Morgan fingerprint density at radius 1 is 0.778 bits per heavy atom. The third-order valence-electron chi connectivity index (χ3n) is 17.9. The molecule has 5 rings (SSSR count). The van der Waals surface area contributed by atoms with Crippen molar-refractivity contribution in [1.29, 1.82) is 0 Å². The van der Waals surface area contributed by atoms with Gasteiger partial charge in [0.1, 0.15) is 42.7 Å². The number of aliphatic hydroxyl groups is 8. The largest absolute Gasteiger partial charge is 0.394 e. The number of aliphatic hydroxyl groups excluding tert-OH is 8. The number of rotatable bonds is 29. The number of nitrogens with zero attached hydrogens (tertiary/aromatic N) is 2. The van der Waals surface area contributed by atoms with E-state index in [2.05, 4.69) is 51.3 Å². The van der Waals surface area contributed by atoms with Crippen molar-refractivity contribution in [3.05, 3.63) is 11.6 Å². The maximum absolute atomic E-state index is 12.6. The molecule has 10 N–H and O–H groups in total. The average molecular weight is 1030 g/mol. The Morgan fingerprint density at radius 2 is 1.44 bits per heavy atom. The maximum atomic E-state index is 12.6. The van der Waals surface area contributed by atoms with Gasteiger partial charge in [0.2, 0.25) is 11.8 Å². The van der Waals surface area contributed by atoms with E-state index in [4.69, 9.17) is 14.2 Å². The molecule has 4 aliphatic carbocycles. The summed E-state index contributed by atoms with van der Waals surface area (Å²) in [7, 11) is 0. The number of nitrogens with one attached hydrogen (secondary N) is 2. The van der Waals surface area contributed by atoms with E-state index in [9.17, 15) is 55.2 Å². The number of hydrogen-bond acceptors (Lipinski definition) is 15. The van der Waals surface area contributed by atoms with Gasteiger partial charge in [-0.2, -0.15) is 0 Å². The van der Waals surface area contributed by atoms with Crippen LogP contribution in [0.4, 0.5) is 0 Å². The summed E-state index contributed by atoms with van der Waals surface area (Å²) in [6.07, 6.45) is 2.63. The maximum Gasteiger partial charge on any atom is 0.251 e.